The van der Waals surface area contributed by atoms with Gasteiger partial charge in [0.1, 0.15) is 5.82 Å². The Morgan fingerprint density at radius 1 is 0.875 bits per heavy atom. The van der Waals surface area contributed by atoms with Crippen LogP contribution in [0.4, 0.5) is 4.39 Å². The first-order valence-electron chi connectivity index (χ1n) is 10.5. The predicted molar refractivity (Wildman–Crippen MR) is 98.5 cm³/mol. The fourth-order valence-corrected chi connectivity index (χ4v) is 6.28. The summed E-state index contributed by atoms with van der Waals surface area (Å²) in [5.41, 5.74) is 2.71. The van der Waals surface area contributed by atoms with Crippen LogP contribution in [0, 0.1) is 35.4 Å². The van der Waals surface area contributed by atoms with Crippen molar-refractivity contribution in [3.8, 4) is 0 Å². The van der Waals surface area contributed by atoms with Crippen LogP contribution in [0.2, 0.25) is 0 Å². The van der Waals surface area contributed by atoms with Crippen molar-refractivity contribution in [3.63, 3.8) is 0 Å². The van der Waals surface area contributed by atoms with E-state index in [0.717, 1.165) is 36.0 Å². The summed E-state index contributed by atoms with van der Waals surface area (Å²) < 4.78 is 13.4. The number of aryl methyl sites for hydroxylation is 1. The molecule has 3 aliphatic rings. The average molecular weight is 329 g/mol. The van der Waals surface area contributed by atoms with Gasteiger partial charge in [-0.25, -0.2) is 4.39 Å². The van der Waals surface area contributed by atoms with E-state index in [0.29, 0.717) is 0 Å². The van der Waals surface area contributed by atoms with E-state index in [-0.39, 0.29) is 5.82 Å². The summed E-state index contributed by atoms with van der Waals surface area (Å²) in [6.07, 6.45) is 15.4. The second-order valence-electron chi connectivity index (χ2n) is 8.98. The Bertz CT molecular complexity index is 563. The molecule has 132 valence electrons. The van der Waals surface area contributed by atoms with E-state index in [2.05, 4.69) is 13.0 Å². The fourth-order valence-electron chi connectivity index (χ4n) is 6.28. The fraction of sp³-hybridized carbons (Fsp3) is 0.739. The first-order valence-corrected chi connectivity index (χ1v) is 10.5. The van der Waals surface area contributed by atoms with Gasteiger partial charge in [0, 0.05) is 0 Å². The van der Waals surface area contributed by atoms with E-state index in [1.165, 1.54) is 75.3 Å². The molecular weight excluding hydrogens is 295 g/mol. The van der Waals surface area contributed by atoms with Crippen molar-refractivity contribution in [1.82, 2.24) is 0 Å². The topological polar surface area (TPSA) is 0 Å². The summed E-state index contributed by atoms with van der Waals surface area (Å²) in [5, 5.41) is 0. The Hall–Kier alpha value is -0.850. The zero-order valence-electron chi connectivity index (χ0n) is 15.3. The summed E-state index contributed by atoms with van der Waals surface area (Å²) in [4.78, 5) is 0. The predicted octanol–water partition coefficient (Wildman–Crippen LogP) is 6.56. The zero-order chi connectivity index (χ0) is 16.5. The van der Waals surface area contributed by atoms with Gasteiger partial charge in [-0.1, -0.05) is 32.3 Å². The molecule has 0 saturated heterocycles. The smallest absolute Gasteiger partial charge is 0.123 e. The van der Waals surface area contributed by atoms with Crippen molar-refractivity contribution in [3.05, 3.63) is 35.1 Å². The number of rotatable bonds is 3. The van der Waals surface area contributed by atoms with Crippen LogP contribution < -0.4 is 0 Å². The van der Waals surface area contributed by atoms with E-state index in [1.807, 2.05) is 0 Å². The molecular formula is C23H33F. The molecule has 1 aromatic carbocycles. The van der Waals surface area contributed by atoms with Crippen LogP contribution in [0.3, 0.4) is 0 Å². The maximum Gasteiger partial charge on any atom is 0.123 e. The Morgan fingerprint density at radius 2 is 1.62 bits per heavy atom. The van der Waals surface area contributed by atoms with Crippen LogP contribution >= 0.6 is 0 Å². The molecule has 0 amide bonds. The Morgan fingerprint density at radius 3 is 2.46 bits per heavy atom. The van der Waals surface area contributed by atoms with Gasteiger partial charge < -0.3 is 0 Å². The van der Waals surface area contributed by atoms with E-state index in [1.54, 1.807) is 12.1 Å². The third-order valence-corrected chi connectivity index (χ3v) is 7.56. The Kier molecular flexibility index (Phi) is 4.97. The average Bonchev–Trinajstić information content (AvgIpc) is 2.61. The summed E-state index contributed by atoms with van der Waals surface area (Å²) in [5.74, 6) is 4.83. The molecule has 0 bridgehead atoms. The first-order chi connectivity index (χ1) is 11.7. The third kappa shape index (κ3) is 3.41. The second-order valence-corrected chi connectivity index (χ2v) is 8.98. The van der Waals surface area contributed by atoms with Gasteiger partial charge in [0.2, 0.25) is 0 Å². The van der Waals surface area contributed by atoms with Gasteiger partial charge in [-0.05, 0) is 104 Å². The normalized spacial score (nSPS) is 36.0. The molecule has 1 heteroatoms. The molecule has 2 fully saturated rings. The van der Waals surface area contributed by atoms with Crippen LogP contribution in [0.5, 0.6) is 0 Å². The van der Waals surface area contributed by atoms with E-state index >= 15 is 0 Å². The molecule has 0 radical (unpaired) electrons. The molecule has 24 heavy (non-hydrogen) atoms. The molecule has 5 unspecified atom stereocenters. The molecule has 0 spiro atoms. The lowest BCUT2D eigenvalue weighted by atomic mass is 9.61. The minimum absolute atomic E-state index is 0.0588. The highest BCUT2D eigenvalue weighted by atomic mass is 19.1. The maximum atomic E-state index is 13.4. The lowest BCUT2D eigenvalue weighted by molar-refractivity contribution is 0.0695. The molecule has 0 heterocycles. The molecule has 4 rings (SSSR count). The van der Waals surface area contributed by atoms with Gasteiger partial charge in [0.05, 0.1) is 0 Å². The van der Waals surface area contributed by atoms with Crippen molar-refractivity contribution in [2.75, 3.05) is 0 Å². The Labute approximate surface area is 147 Å². The van der Waals surface area contributed by atoms with Crippen LogP contribution in [0.15, 0.2) is 18.2 Å². The van der Waals surface area contributed by atoms with Crippen LogP contribution in [0.1, 0.15) is 75.8 Å². The lowest BCUT2D eigenvalue weighted by Gasteiger charge is -2.45. The summed E-state index contributed by atoms with van der Waals surface area (Å²) >= 11 is 0. The Balaban J connectivity index is 1.37. The lowest BCUT2D eigenvalue weighted by Crippen LogP contribution is -2.35. The zero-order valence-corrected chi connectivity index (χ0v) is 15.3. The molecule has 0 nitrogen and oxygen atoms in total. The highest BCUT2D eigenvalue weighted by Gasteiger charge is 2.38. The quantitative estimate of drug-likeness (QED) is 0.589. The third-order valence-electron chi connectivity index (χ3n) is 7.56. The van der Waals surface area contributed by atoms with Crippen molar-refractivity contribution in [2.24, 2.45) is 29.6 Å². The molecule has 5 atom stereocenters. The molecule has 3 aliphatic carbocycles. The summed E-state index contributed by atoms with van der Waals surface area (Å²) in [6, 6.07) is 5.49. The molecule has 1 aromatic rings. The first kappa shape index (κ1) is 16.6. The van der Waals surface area contributed by atoms with Crippen LogP contribution in [0.25, 0.3) is 0 Å². The van der Waals surface area contributed by atoms with E-state index < -0.39 is 0 Å². The van der Waals surface area contributed by atoms with Crippen molar-refractivity contribution >= 4 is 0 Å². The number of hydrogen-bond donors (Lipinski definition) is 0. The maximum absolute atomic E-state index is 13.4. The van der Waals surface area contributed by atoms with Gasteiger partial charge in [-0.15, -0.1) is 0 Å². The van der Waals surface area contributed by atoms with Gasteiger partial charge >= 0.3 is 0 Å². The summed E-state index contributed by atoms with van der Waals surface area (Å²) in [6.45, 7) is 2.34. The number of benzene rings is 1. The molecule has 0 aromatic heterocycles. The minimum atomic E-state index is -0.0588. The monoisotopic (exact) mass is 328 g/mol. The van der Waals surface area contributed by atoms with Gasteiger partial charge in [-0.3, -0.25) is 0 Å². The molecule has 0 aliphatic heterocycles. The minimum Gasteiger partial charge on any atom is -0.207 e. The van der Waals surface area contributed by atoms with Gasteiger partial charge in [0.25, 0.3) is 0 Å². The molecule has 0 N–H and O–H groups in total. The number of hydrogen-bond acceptors (Lipinski definition) is 0. The highest BCUT2D eigenvalue weighted by Crippen LogP contribution is 2.48. The summed E-state index contributed by atoms with van der Waals surface area (Å²) in [7, 11) is 0. The highest BCUT2D eigenvalue weighted by molar-refractivity contribution is 5.30. The van der Waals surface area contributed by atoms with Crippen LogP contribution in [-0.4, -0.2) is 0 Å². The van der Waals surface area contributed by atoms with Crippen molar-refractivity contribution in [2.45, 2.75) is 77.6 Å². The van der Waals surface area contributed by atoms with E-state index in [4.69, 9.17) is 0 Å². The van der Waals surface area contributed by atoms with Gasteiger partial charge in [-0.2, -0.15) is 0 Å². The van der Waals surface area contributed by atoms with Crippen molar-refractivity contribution < 1.29 is 4.39 Å². The standard InChI is InChI=1S/C23H33F/c1-2-3-16-4-5-18-13-19(7-6-17(18)12-16)20-8-9-22-15-23(24)11-10-21(22)14-20/h10-11,15-20H,2-9,12-14H2,1H3. The second kappa shape index (κ2) is 7.18. The van der Waals surface area contributed by atoms with Crippen LogP contribution in [-0.2, 0) is 12.8 Å². The SMILES string of the molecule is CCCC1CCC2CC(C3CCc4cc(F)ccc4C3)CCC2C1. The number of halogens is 1. The number of fused-ring (bicyclic) bond motifs is 2. The molecule has 2 saturated carbocycles. The van der Waals surface area contributed by atoms with E-state index in [9.17, 15) is 4.39 Å². The largest absolute Gasteiger partial charge is 0.207 e. The van der Waals surface area contributed by atoms with Crippen molar-refractivity contribution in [1.29, 1.82) is 0 Å². The van der Waals surface area contributed by atoms with Gasteiger partial charge in [0.15, 0.2) is 0 Å².